The first-order chi connectivity index (χ1) is 8.84. The van der Waals surface area contributed by atoms with Gasteiger partial charge in [-0.15, -0.1) is 0 Å². The zero-order valence-electron chi connectivity index (χ0n) is 11.6. The van der Waals surface area contributed by atoms with Crippen molar-refractivity contribution in [2.24, 2.45) is 11.8 Å². The summed E-state index contributed by atoms with van der Waals surface area (Å²) >= 11 is 0. The van der Waals surface area contributed by atoms with Crippen LogP contribution in [0, 0.1) is 11.8 Å². The van der Waals surface area contributed by atoms with Crippen LogP contribution in [-0.4, -0.2) is 29.8 Å². The van der Waals surface area contributed by atoms with E-state index >= 15 is 0 Å². The number of ketones is 1. The first-order valence-electron chi connectivity index (χ1n) is 8.11. The molecule has 3 rings (SSSR count). The van der Waals surface area contributed by atoms with Gasteiger partial charge in [0.15, 0.2) is 0 Å². The van der Waals surface area contributed by atoms with Gasteiger partial charge in [0.1, 0.15) is 5.78 Å². The highest BCUT2D eigenvalue weighted by Crippen LogP contribution is 2.37. The number of carbonyl (C=O) groups excluding carboxylic acids is 1. The van der Waals surface area contributed by atoms with Crippen molar-refractivity contribution in [3.8, 4) is 0 Å². The van der Waals surface area contributed by atoms with Gasteiger partial charge in [-0.3, -0.25) is 9.69 Å². The molecular formula is C16H27NO. The summed E-state index contributed by atoms with van der Waals surface area (Å²) < 4.78 is 0. The molecule has 0 bridgehead atoms. The van der Waals surface area contributed by atoms with Gasteiger partial charge in [0, 0.05) is 12.0 Å². The zero-order valence-corrected chi connectivity index (χ0v) is 11.6. The lowest BCUT2D eigenvalue weighted by Crippen LogP contribution is -2.46. The van der Waals surface area contributed by atoms with Gasteiger partial charge in [-0.25, -0.2) is 0 Å². The van der Waals surface area contributed by atoms with E-state index < -0.39 is 0 Å². The highest BCUT2D eigenvalue weighted by molar-refractivity contribution is 5.83. The predicted octanol–water partition coefficient (Wildman–Crippen LogP) is 3.40. The molecular weight excluding hydrogens is 222 g/mol. The summed E-state index contributed by atoms with van der Waals surface area (Å²) in [4.78, 5) is 15.0. The SMILES string of the molecule is O=C(CN1CCCC2CCCC21)C1CCCCC1. The number of hydrogen-bond donors (Lipinski definition) is 0. The maximum Gasteiger partial charge on any atom is 0.149 e. The van der Waals surface area contributed by atoms with Gasteiger partial charge in [-0.1, -0.05) is 25.7 Å². The van der Waals surface area contributed by atoms with Crippen molar-refractivity contribution in [1.29, 1.82) is 0 Å². The van der Waals surface area contributed by atoms with E-state index in [0.29, 0.717) is 11.7 Å². The Bertz CT molecular complexity index is 295. The second-order valence-corrected chi connectivity index (χ2v) is 6.67. The normalized spacial score (nSPS) is 34.4. The minimum absolute atomic E-state index is 0.403. The summed E-state index contributed by atoms with van der Waals surface area (Å²) in [5.41, 5.74) is 0. The summed E-state index contributed by atoms with van der Waals surface area (Å²) in [6, 6.07) is 0.756. The summed E-state index contributed by atoms with van der Waals surface area (Å²) in [6.07, 6.45) is 13.1. The van der Waals surface area contributed by atoms with Crippen molar-refractivity contribution in [2.45, 2.75) is 70.3 Å². The lowest BCUT2D eigenvalue weighted by molar-refractivity contribution is -0.126. The molecule has 2 nitrogen and oxygen atoms in total. The minimum atomic E-state index is 0.403. The van der Waals surface area contributed by atoms with Crippen molar-refractivity contribution in [1.82, 2.24) is 4.90 Å². The third-order valence-corrected chi connectivity index (χ3v) is 5.53. The van der Waals surface area contributed by atoms with Crippen LogP contribution >= 0.6 is 0 Å². The lowest BCUT2D eigenvalue weighted by Gasteiger charge is -2.38. The summed E-state index contributed by atoms with van der Waals surface area (Å²) in [5.74, 6) is 1.88. The van der Waals surface area contributed by atoms with E-state index in [4.69, 9.17) is 0 Å². The molecule has 18 heavy (non-hydrogen) atoms. The van der Waals surface area contributed by atoms with Crippen molar-refractivity contribution in [3.63, 3.8) is 0 Å². The van der Waals surface area contributed by atoms with Crippen LogP contribution < -0.4 is 0 Å². The van der Waals surface area contributed by atoms with Gasteiger partial charge < -0.3 is 0 Å². The Morgan fingerprint density at radius 1 is 0.889 bits per heavy atom. The Balaban J connectivity index is 1.56. The number of fused-ring (bicyclic) bond motifs is 1. The second-order valence-electron chi connectivity index (χ2n) is 6.67. The third kappa shape index (κ3) is 2.64. The number of hydrogen-bond acceptors (Lipinski definition) is 2. The molecule has 0 aromatic heterocycles. The fraction of sp³-hybridized carbons (Fsp3) is 0.938. The summed E-state index contributed by atoms with van der Waals surface area (Å²) in [7, 11) is 0. The maximum absolute atomic E-state index is 12.4. The highest BCUT2D eigenvalue weighted by Gasteiger charge is 2.36. The number of nitrogens with zero attached hydrogens (tertiary/aromatic N) is 1. The molecule has 1 heterocycles. The molecule has 0 N–H and O–H groups in total. The van der Waals surface area contributed by atoms with E-state index in [1.165, 1.54) is 70.8 Å². The standard InChI is InChI=1S/C16H27NO/c18-16(14-6-2-1-3-7-14)12-17-11-5-9-13-8-4-10-15(13)17/h13-15H,1-12H2. The first-order valence-corrected chi connectivity index (χ1v) is 8.11. The zero-order chi connectivity index (χ0) is 12.4. The molecule has 0 aromatic carbocycles. The van der Waals surface area contributed by atoms with Gasteiger partial charge in [0.2, 0.25) is 0 Å². The van der Waals surface area contributed by atoms with Crippen LogP contribution in [0.1, 0.15) is 64.2 Å². The molecule has 0 aromatic rings. The van der Waals surface area contributed by atoms with Crippen molar-refractivity contribution >= 4 is 5.78 Å². The molecule has 3 aliphatic rings. The molecule has 2 unspecified atom stereocenters. The fourth-order valence-electron chi connectivity index (χ4n) is 4.51. The van der Waals surface area contributed by atoms with Crippen LogP contribution in [0.5, 0.6) is 0 Å². The van der Waals surface area contributed by atoms with E-state index in [2.05, 4.69) is 4.90 Å². The molecule has 1 aliphatic heterocycles. The van der Waals surface area contributed by atoms with E-state index in [9.17, 15) is 4.79 Å². The average Bonchev–Trinajstić information content (AvgIpc) is 2.89. The van der Waals surface area contributed by atoms with Crippen LogP contribution in [0.3, 0.4) is 0 Å². The molecule has 2 aliphatic carbocycles. The topological polar surface area (TPSA) is 20.3 Å². The van der Waals surface area contributed by atoms with Crippen LogP contribution in [0.25, 0.3) is 0 Å². The van der Waals surface area contributed by atoms with Crippen molar-refractivity contribution in [2.75, 3.05) is 13.1 Å². The first kappa shape index (κ1) is 12.7. The lowest BCUT2D eigenvalue weighted by atomic mass is 9.85. The monoisotopic (exact) mass is 249 g/mol. The second kappa shape index (κ2) is 5.73. The number of rotatable bonds is 3. The number of likely N-dealkylation sites (tertiary alicyclic amines) is 1. The van der Waals surface area contributed by atoms with Crippen molar-refractivity contribution < 1.29 is 4.79 Å². The molecule has 3 fully saturated rings. The Labute approximate surface area is 111 Å². The summed E-state index contributed by atoms with van der Waals surface area (Å²) in [5, 5.41) is 0. The maximum atomic E-state index is 12.4. The van der Waals surface area contributed by atoms with Crippen LogP contribution in [0.2, 0.25) is 0 Å². The Morgan fingerprint density at radius 3 is 2.50 bits per heavy atom. The van der Waals surface area contributed by atoms with Gasteiger partial charge >= 0.3 is 0 Å². The number of carbonyl (C=O) groups is 1. The molecule has 1 saturated heterocycles. The number of Topliss-reactive ketones (excluding diaryl/α,β-unsaturated/α-hetero) is 1. The van der Waals surface area contributed by atoms with E-state index in [1.54, 1.807) is 0 Å². The largest absolute Gasteiger partial charge is 0.298 e. The molecule has 2 saturated carbocycles. The fourth-order valence-corrected chi connectivity index (χ4v) is 4.51. The van der Waals surface area contributed by atoms with Gasteiger partial charge in [0.05, 0.1) is 6.54 Å². The Kier molecular flexibility index (Phi) is 4.03. The Morgan fingerprint density at radius 2 is 1.67 bits per heavy atom. The Hall–Kier alpha value is -0.370. The molecule has 2 heteroatoms. The third-order valence-electron chi connectivity index (χ3n) is 5.53. The van der Waals surface area contributed by atoms with Crippen LogP contribution in [-0.2, 0) is 4.79 Å². The average molecular weight is 249 g/mol. The van der Waals surface area contributed by atoms with Gasteiger partial charge in [-0.05, 0) is 51.0 Å². The predicted molar refractivity (Wildman–Crippen MR) is 73.5 cm³/mol. The molecule has 0 amide bonds. The van der Waals surface area contributed by atoms with Gasteiger partial charge in [-0.2, -0.15) is 0 Å². The van der Waals surface area contributed by atoms with Crippen LogP contribution in [0.4, 0.5) is 0 Å². The van der Waals surface area contributed by atoms with Crippen LogP contribution in [0.15, 0.2) is 0 Å². The number of piperidine rings is 1. The molecule has 102 valence electrons. The van der Waals surface area contributed by atoms with E-state index in [0.717, 1.165) is 18.5 Å². The minimum Gasteiger partial charge on any atom is -0.298 e. The van der Waals surface area contributed by atoms with E-state index in [-0.39, 0.29) is 0 Å². The smallest absolute Gasteiger partial charge is 0.149 e. The quantitative estimate of drug-likeness (QED) is 0.764. The molecule has 0 radical (unpaired) electrons. The highest BCUT2D eigenvalue weighted by atomic mass is 16.1. The van der Waals surface area contributed by atoms with Gasteiger partial charge in [0.25, 0.3) is 0 Å². The molecule has 0 spiro atoms. The molecule has 2 atom stereocenters. The van der Waals surface area contributed by atoms with Crippen molar-refractivity contribution in [3.05, 3.63) is 0 Å². The summed E-state index contributed by atoms with van der Waals surface area (Å²) in [6.45, 7) is 1.95. The van der Waals surface area contributed by atoms with E-state index in [1.807, 2.05) is 0 Å².